The van der Waals surface area contributed by atoms with Crippen molar-refractivity contribution in [2.75, 3.05) is 14.2 Å². The molecule has 0 bridgehead atoms. The summed E-state index contributed by atoms with van der Waals surface area (Å²) in [6, 6.07) is 0. The molecule has 3 heterocycles. The van der Waals surface area contributed by atoms with Crippen LogP contribution in [-0.2, 0) is 9.57 Å². The Kier molecular flexibility index (Phi) is 2.94. The number of ether oxygens (including phenoxy) is 1. The molecule has 1 atom stereocenters. The summed E-state index contributed by atoms with van der Waals surface area (Å²) in [4.78, 5) is 5.89. The van der Waals surface area contributed by atoms with E-state index in [0.29, 0.717) is 4.64 Å². The van der Waals surface area contributed by atoms with Crippen LogP contribution in [-0.4, -0.2) is 29.1 Å². The van der Waals surface area contributed by atoms with Crippen molar-refractivity contribution >= 4 is 24.1 Å². The summed E-state index contributed by atoms with van der Waals surface area (Å²) in [7, 11) is 3.34. The van der Waals surface area contributed by atoms with Gasteiger partial charge in [0, 0.05) is 11.6 Å². The lowest BCUT2D eigenvalue weighted by atomic mass is 9.92. The molecule has 5 nitrogen and oxygen atoms in total. The predicted octanol–water partition coefficient (Wildman–Crippen LogP) is 1.53. The zero-order valence-electron chi connectivity index (χ0n) is 12.4. The minimum absolute atomic E-state index is 0.0815. The summed E-state index contributed by atoms with van der Waals surface area (Å²) in [5.41, 5.74) is 3.42. The third-order valence-corrected chi connectivity index (χ3v) is 4.66. The second-order valence-electron chi connectivity index (χ2n) is 5.41. The minimum atomic E-state index is 0.0815. The molecule has 1 N–H and O–H groups in total. The highest BCUT2D eigenvalue weighted by molar-refractivity contribution is 7.71. The first-order valence-corrected chi connectivity index (χ1v) is 7.54. The number of methoxy groups -OCH3 is 1. The normalized spacial score (nSPS) is 25.2. The summed E-state index contributed by atoms with van der Waals surface area (Å²) in [5.74, 6) is 0.733. The fourth-order valence-electron chi connectivity index (χ4n) is 3.40. The smallest absolute Gasteiger partial charge is 0.335 e. The van der Waals surface area contributed by atoms with Crippen LogP contribution >= 0.6 is 12.2 Å². The largest absolute Gasteiger partial charge is 0.452 e. The summed E-state index contributed by atoms with van der Waals surface area (Å²) in [5, 5.41) is 8.91. The Morgan fingerprint density at radius 1 is 1.36 bits per heavy atom. The van der Waals surface area contributed by atoms with E-state index < -0.39 is 0 Å². The van der Waals surface area contributed by atoms with Crippen LogP contribution in [0, 0.1) is 4.64 Å². The van der Waals surface area contributed by atoms with Gasteiger partial charge in [-0.3, -0.25) is 5.10 Å². The van der Waals surface area contributed by atoms with Gasteiger partial charge in [-0.25, -0.2) is 0 Å². The quantitative estimate of drug-likeness (QED) is 0.664. The lowest BCUT2D eigenvalue weighted by Gasteiger charge is -2.34. The monoisotopic (exact) mass is 314 g/mol. The second-order valence-corrected chi connectivity index (χ2v) is 5.82. The molecule has 0 radical (unpaired) electrons. The fourth-order valence-corrected chi connectivity index (χ4v) is 3.67. The first-order chi connectivity index (χ1) is 10.7. The van der Waals surface area contributed by atoms with Gasteiger partial charge in [0.25, 0.3) is 0 Å². The number of quaternary nitrogens is 1. The van der Waals surface area contributed by atoms with Gasteiger partial charge in [0.15, 0.2) is 11.9 Å². The molecule has 3 aliphatic rings. The van der Waals surface area contributed by atoms with Gasteiger partial charge in [-0.1, -0.05) is 29.0 Å². The lowest BCUT2D eigenvalue weighted by molar-refractivity contribution is -0.962. The average Bonchev–Trinajstić information content (AvgIpc) is 2.91. The number of allylic oxidation sites excluding steroid dienone is 3. The Morgan fingerprint density at radius 2 is 2.23 bits per heavy atom. The summed E-state index contributed by atoms with van der Waals surface area (Å²) in [6.45, 7) is 0. The topological polar surface area (TPSA) is 47.1 Å². The van der Waals surface area contributed by atoms with Crippen molar-refractivity contribution in [3.05, 3.63) is 56.5 Å². The van der Waals surface area contributed by atoms with Gasteiger partial charge in [0.05, 0.1) is 30.9 Å². The van der Waals surface area contributed by atoms with Crippen molar-refractivity contribution < 1.29 is 14.2 Å². The molecule has 22 heavy (non-hydrogen) atoms. The van der Waals surface area contributed by atoms with E-state index in [1.54, 1.807) is 20.4 Å². The third-order valence-electron chi connectivity index (χ3n) is 4.36. The van der Waals surface area contributed by atoms with Crippen molar-refractivity contribution in [2.45, 2.75) is 12.8 Å². The Morgan fingerprint density at radius 3 is 3.00 bits per heavy atom. The second kappa shape index (κ2) is 4.74. The molecule has 2 aliphatic heterocycles. The molecule has 1 aliphatic carbocycles. The van der Waals surface area contributed by atoms with Crippen molar-refractivity contribution in [1.82, 2.24) is 10.2 Å². The molecule has 0 fully saturated rings. The molecular formula is C16H16N3O2S+. The Bertz CT molecular complexity index is 939. The molecule has 0 amide bonds. The van der Waals surface area contributed by atoms with Gasteiger partial charge < -0.3 is 4.74 Å². The standard InChI is InChI=1S/C16H15N3O2S/c1-20-13-7-10-5-3-4-6-12(10)15-14-11(8-17-18-16(14)22)9-19(13,15)21-2/h4,6-9H,3,5H2,1-2H3/p+1. The Hall–Kier alpha value is -2.02. The number of aromatic amines is 1. The van der Waals surface area contributed by atoms with E-state index in [0.717, 1.165) is 40.4 Å². The molecule has 112 valence electrons. The van der Waals surface area contributed by atoms with E-state index in [9.17, 15) is 0 Å². The van der Waals surface area contributed by atoms with E-state index in [4.69, 9.17) is 21.8 Å². The van der Waals surface area contributed by atoms with E-state index in [1.807, 2.05) is 6.20 Å². The maximum atomic E-state index is 5.89. The lowest BCUT2D eigenvalue weighted by Crippen LogP contribution is -2.42. The SMILES string of the molecule is COC1=CC2=C(C=CCC2)C2=c3c(cn[nH]c3=S)=C[N+]12OC. The number of fused-ring (bicyclic) bond motifs is 3. The first kappa shape index (κ1) is 13.6. The van der Waals surface area contributed by atoms with Gasteiger partial charge in [-0.2, -0.15) is 9.94 Å². The highest BCUT2D eigenvalue weighted by atomic mass is 32.1. The summed E-state index contributed by atoms with van der Waals surface area (Å²) in [6.07, 6.45) is 12.2. The van der Waals surface area contributed by atoms with E-state index >= 15 is 0 Å². The van der Waals surface area contributed by atoms with Crippen LogP contribution in [0.3, 0.4) is 0 Å². The van der Waals surface area contributed by atoms with Crippen LogP contribution in [0.4, 0.5) is 0 Å². The molecule has 1 aromatic rings. The molecule has 0 saturated carbocycles. The van der Waals surface area contributed by atoms with Crippen molar-refractivity contribution in [3.8, 4) is 0 Å². The van der Waals surface area contributed by atoms with Crippen LogP contribution in [0.25, 0.3) is 11.9 Å². The summed E-state index contributed by atoms with van der Waals surface area (Å²) < 4.78 is 6.35. The molecule has 1 unspecified atom stereocenters. The van der Waals surface area contributed by atoms with Gasteiger partial charge in [0.2, 0.25) is 0 Å². The zero-order chi connectivity index (χ0) is 15.3. The highest BCUT2D eigenvalue weighted by Crippen LogP contribution is 2.43. The van der Waals surface area contributed by atoms with Gasteiger partial charge in [-0.15, -0.1) is 0 Å². The van der Waals surface area contributed by atoms with Crippen molar-refractivity contribution in [1.29, 1.82) is 0 Å². The number of hydrogen-bond acceptors (Lipinski definition) is 4. The Labute approximate surface area is 132 Å². The molecule has 4 rings (SSSR count). The zero-order valence-corrected chi connectivity index (χ0v) is 13.2. The van der Waals surface area contributed by atoms with Gasteiger partial charge >= 0.3 is 5.88 Å². The van der Waals surface area contributed by atoms with Crippen LogP contribution in [0.2, 0.25) is 0 Å². The minimum Gasteiger partial charge on any atom is -0.452 e. The van der Waals surface area contributed by atoms with E-state index in [1.165, 1.54) is 5.57 Å². The van der Waals surface area contributed by atoms with Gasteiger partial charge in [-0.05, 0) is 18.4 Å². The number of nitrogens with one attached hydrogen (secondary N) is 1. The molecule has 1 aromatic heterocycles. The number of aromatic nitrogens is 2. The molecule has 0 saturated heterocycles. The first-order valence-electron chi connectivity index (χ1n) is 7.13. The number of hydrogen-bond donors (Lipinski definition) is 1. The number of hydroxylamine groups is 3. The fraction of sp³-hybridized carbons (Fsp3) is 0.250. The maximum absolute atomic E-state index is 5.89. The maximum Gasteiger partial charge on any atom is 0.335 e. The van der Waals surface area contributed by atoms with Crippen LogP contribution in [0.15, 0.2) is 41.5 Å². The predicted molar refractivity (Wildman–Crippen MR) is 84.3 cm³/mol. The van der Waals surface area contributed by atoms with E-state index in [2.05, 4.69) is 28.4 Å². The van der Waals surface area contributed by atoms with E-state index in [-0.39, 0.29) is 4.65 Å². The van der Waals surface area contributed by atoms with Crippen molar-refractivity contribution in [2.24, 2.45) is 0 Å². The van der Waals surface area contributed by atoms with Crippen LogP contribution in [0.5, 0.6) is 0 Å². The average molecular weight is 314 g/mol. The molecule has 6 heteroatoms. The van der Waals surface area contributed by atoms with Crippen LogP contribution < -0.4 is 10.4 Å². The highest BCUT2D eigenvalue weighted by Gasteiger charge is 2.48. The van der Waals surface area contributed by atoms with Crippen LogP contribution in [0.1, 0.15) is 12.8 Å². The molecule has 0 spiro atoms. The van der Waals surface area contributed by atoms with Crippen molar-refractivity contribution in [3.63, 3.8) is 0 Å². The number of H-pyrrole nitrogens is 1. The summed E-state index contributed by atoms with van der Waals surface area (Å²) >= 11 is 5.48. The number of rotatable bonds is 2. The number of nitrogens with zero attached hydrogens (tertiary/aromatic N) is 2. The third kappa shape index (κ3) is 1.60. The van der Waals surface area contributed by atoms with Gasteiger partial charge in [0.1, 0.15) is 4.64 Å². The Balaban J connectivity index is 2.21. The molecular weight excluding hydrogens is 298 g/mol. The molecule has 0 aromatic carbocycles.